The molecule has 0 bridgehead atoms. The van der Waals surface area contributed by atoms with Crippen LogP contribution >= 0.6 is 82.6 Å². The van der Waals surface area contributed by atoms with Crippen LogP contribution in [0.5, 0.6) is 17.2 Å². The number of phenols is 2. The third kappa shape index (κ3) is 14.4. The highest BCUT2D eigenvalue weighted by molar-refractivity contribution is 9.11. The van der Waals surface area contributed by atoms with E-state index in [1.165, 1.54) is 18.2 Å². The summed E-state index contributed by atoms with van der Waals surface area (Å²) >= 11 is 26.6. The first-order chi connectivity index (χ1) is 18.7. The SMILES string of the molecule is CC(C)(C)OC(=O)Oc1cc(Cl)ccc1Br.CC(C)(C)OC(=O)c1c(Cl)ccc(Br)c1O.Oc1cc(Cl)ccc1Br. The van der Waals surface area contributed by atoms with E-state index in [-0.39, 0.29) is 22.1 Å². The van der Waals surface area contributed by atoms with Gasteiger partial charge in [-0.05, 0) is 132 Å². The molecule has 0 spiro atoms. The monoisotopic (exact) mass is 818 g/mol. The number of benzene rings is 3. The summed E-state index contributed by atoms with van der Waals surface area (Å²) in [6.45, 7) is 10.5. The fraction of sp³-hybridized carbons (Fsp3) is 0.286. The largest absolute Gasteiger partial charge is 0.514 e. The Morgan fingerprint density at radius 3 is 1.68 bits per heavy atom. The van der Waals surface area contributed by atoms with Gasteiger partial charge in [0.15, 0.2) is 0 Å². The van der Waals surface area contributed by atoms with Crippen molar-refractivity contribution in [3.8, 4) is 17.2 Å². The Balaban J connectivity index is 0.000000320. The first kappa shape index (κ1) is 37.3. The van der Waals surface area contributed by atoms with Gasteiger partial charge in [-0.1, -0.05) is 34.8 Å². The van der Waals surface area contributed by atoms with E-state index in [1.54, 1.807) is 71.9 Å². The lowest BCUT2D eigenvalue weighted by atomic mass is 10.1. The van der Waals surface area contributed by atoms with Gasteiger partial charge in [-0.15, -0.1) is 0 Å². The van der Waals surface area contributed by atoms with Gasteiger partial charge in [-0.3, -0.25) is 0 Å². The predicted molar refractivity (Wildman–Crippen MR) is 173 cm³/mol. The van der Waals surface area contributed by atoms with Crippen molar-refractivity contribution < 1.29 is 34.0 Å². The van der Waals surface area contributed by atoms with Gasteiger partial charge < -0.3 is 24.4 Å². The average Bonchev–Trinajstić information content (AvgIpc) is 2.80. The molecule has 224 valence electrons. The second-order valence-electron chi connectivity index (χ2n) is 9.99. The van der Waals surface area contributed by atoms with Crippen molar-refractivity contribution >= 4 is 94.7 Å². The van der Waals surface area contributed by atoms with Crippen LogP contribution in [0.3, 0.4) is 0 Å². The molecule has 0 amide bonds. The molecular formula is C28H28Br3Cl3O7. The van der Waals surface area contributed by atoms with Crippen molar-refractivity contribution in [1.29, 1.82) is 0 Å². The van der Waals surface area contributed by atoms with Gasteiger partial charge in [0.25, 0.3) is 0 Å². The smallest absolute Gasteiger partial charge is 0.507 e. The highest BCUT2D eigenvalue weighted by Crippen LogP contribution is 2.34. The molecule has 3 aromatic rings. The number of halogens is 6. The lowest BCUT2D eigenvalue weighted by Crippen LogP contribution is -2.26. The molecule has 0 aliphatic rings. The molecule has 2 N–H and O–H groups in total. The van der Waals surface area contributed by atoms with Gasteiger partial charge in [0.2, 0.25) is 0 Å². The number of aromatic hydroxyl groups is 2. The van der Waals surface area contributed by atoms with Crippen LogP contribution in [0.25, 0.3) is 0 Å². The topological polar surface area (TPSA) is 102 Å². The molecule has 0 aliphatic carbocycles. The Bertz CT molecular complexity index is 1370. The summed E-state index contributed by atoms with van der Waals surface area (Å²) in [5, 5.41) is 19.9. The number of carbonyl (C=O) groups excluding carboxylic acids is 2. The molecule has 0 aromatic heterocycles. The molecule has 41 heavy (non-hydrogen) atoms. The summed E-state index contributed by atoms with van der Waals surface area (Å²) in [4.78, 5) is 23.1. The van der Waals surface area contributed by atoms with Gasteiger partial charge in [-0.2, -0.15) is 0 Å². The Hall–Kier alpha value is -1.69. The van der Waals surface area contributed by atoms with Gasteiger partial charge in [0, 0.05) is 16.1 Å². The molecule has 0 atom stereocenters. The van der Waals surface area contributed by atoms with Gasteiger partial charge in [0.05, 0.1) is 18.4 Å². The van der Waals surface area contributed by atoms with Crippen LogP contribution in [0, 0.1) is 0 Å². The molecule has 3 aromatic carbocycles. The van der Waals surface area contributed by atoms with Crippen LogP contribution in [0.2, 0.25) is 15.1 Å². The second kappa shape index (κ2) is 16.2. The number of hydrogen-bond donors (Lipinski definition) is 2. The zero-order valence-electron chi connectivity index (χ0n) is 22.8. The van der Waals surface area contributed by atoms with E-state index >= 15 is 0 Å². The molecular weight excluding hydrogens is 794 g/mol. The summed E-state index contributed by atoms with van der Waals surface area (Å²) in [6, 6.07) is 12.9. The molecule has 0 saturated heterocycles. The van der Waals surface area contributed by atoms with Crippen molar-refractivity contribution in [2.24, 2.45) is 0 Å². The number of rotatable bonds is 2. The van der Waals surface area contributed by atoms with Crippen LogP contribution < -0.4 is 4.74 Å². The van der Waals surface area contributed by atoms with Crippen molar-refractivity contribution in [1.82, 2.24) is 0 Å². The molecule has 7 nitrogen and oxygen atoms in total. The zero-order chi connectivity index (χ0) is 31.7. The maximum absolute atomic E-state index is 11.8. The number of phenolic OH excluding ortho intramolecular Hbond substituents is 2. The normalized spacial score (nSPS) is 10.8. The van der Waals surface area contributed by atoms with E-state index in [2.05, 4.69) is 47.8 Å². The standard InChI is InChI=1S/2C11H12BrClO3.C6H4BrClO/c1-11(2,3)16-10(14)15-9-6-7(13)4-5-8(9)12;1-11(2,3)16-10(15)8-7(13)5-4-6(12)9(8)14;7-5-2-1-4(8)3-6(5)9/h4-6H,1-3H3;4-5,14H,1-3H3;1-3,9H. The number of hydrogen-bond acceptors (Lipinski definition) is 7. The molecule has 0 saturated carbocycles. The van der Waals surface area contributed by atoms with E-state index in [4.69, 9.17) is 54.1 Å². The first-order valence-electron chi connectivity index (χ1n) is 11.6. The second-order valence-corrected chi connectivity index (χ2v) is 13.8. The van der Waals surface area contributed by atoms with Crippen molar-refractivity contribution in [2.45, 2.75) is 52.7 Å². The van der Waals surface area contributed by atoms with Crippen LogP contribution in [0.15, 0.2) is 61.9 Å². The lowest BCUT2D eigenvalue weighted by Gasteiger charge is -2.20. The third-order valence-corrected chi connectivity index (χ3v) is 6.82. The fourth-order valence-corrected chi connectivity index (χ4v) is 3.93. The number of esters is 1. The van der Waals surface area contributed by atoms with Gasteiger partial charge in [-0.25, -0.2) is 9.59 Å². The quantitative estimate of drug-likeness (QED) is 0.196. The Morgan fingerprint density at radius 1 is 0.707 bits per heavy atom. The molecule has 0 heterocycles. The predicted octanol–water partition coefficient (Wildman–Crippen LogP) is 11.0. The minimum absolute atomic E-state index is 0.0223. The maximum atomic E-state index is 11.8. The average molecular weight is 823 g/mol. The fourth-order valence-electron chi connectivity index (χ4n) is 2.47. The molecule has 3 rings (SSSR count). The van der Waals surface area contributed by atoms with Crippen LogP contribution in [-0.4, -0.2) is 33.5 Å². The maximum Gasteiger partial charge on any atom is 0.514 e. The first-order valence-corrected chi connectivity index (χ1v) is 15.1. The summed E-state index contributed by atoms with van der Waals surface area (Å²) in [6.07, 6.45) is -0.754. The summed E-state index contributed by atoms with van der Waals surface area (Å²) < 4.78 is 16.9. The highest BCUT2D eigenvalue weighted by Gasteiger charge is 2.24. The lowest BCUT2D eigenvalue weighted by molar-refractivity contribution is 0.00656. The number of ether oxygens (including phenoxy) is 3. The van der Waals surface area contributed by atoms with Crippen molar-refractivity contribution in [3.05, 3.63) is 82.6 Å². The molecule has 0 unspecified atom stereocenters. The Morgan fingerprint density at radius 2 is 1.20 bits per heavy atom. The highest BCUT2D eigenvalue weighted by atomic mass is 79.9. The Kier molecular flexibility index (Phi) is 14.8. The van der Waals surface area contributed by atoms with Crippen molar-refractivity contribution in [3.63, 3.8) is 0 Å². The minimum atomic E-state index is -0.754. The minimum Gasteiger partial charge on any atom is -0.507 e. The molecule has 0 fully saturated rings. The molecule has 0 radical (unpaired) electrons. The summed E-state index contributed by atoms with van der Waals surface area (Å²) in [5.74, 6) is -0.345. The van der Waals surface area contributed by atoms with Crippen LogP contribution in [0.4, 0.5) is 4.79 Å². The summed E-state index contributed by atoms with van der Waals surface area (Å²) in [7, 11) is 0. The third-order valence-electron chi connectivity index (χ3n) is 4.07. The molecule has 13 heteroatoms. The Labute approximate surface area is 279 Å². The van der Waals surface area contributed by atoms with E-state index in [0.717, 1.165) is 0 Å². The van der Waals surface area contributed by atoms with E-state index in [1.807, 2.05) is 0 Å². The van der Waals surface area contributed by atoms with E-state index in [9.17, 15) is 14.7 Å². The van der Waals surface area contributed by atoms with Gasteiger partial charge >= 0.3 is 12.1 Å². The van der Waals surface area contributed by atoms with Crippen LogP contribution in [0.1, 0.15) is 51.9 Å². The van der Waals surface area contributed by atoms with Crippen LogP contribution in [-0.2, 0) is 9.47 Å². The summed E-state index contributed by atoms with van der Waals surface area (Å²) in [5.41, 5.74) is -1.23. The van der Waals surface area contributed by atoms with Crippen molar-refractivity contribution in [2.75, 3.05) is 0 Å². The van der Waals surface area contributed by atoms with Gasteiger partial charge in [0.1, 0.15) is 34.0 Å². The number of carbonyl (C=O) groups is 2. The molecule has 0 aliphatic heterocycles. The van der Waals surface area contributed by atoms with E-state index in [0.29, 0.717) is 29.2 Å². The zero-order valence-corrected chi connectivity index (χ0v) is 29.8. The van der Waals surface area contributed by atoms with E-state index < -0.39 is 23.3 Å².